The topological polar surface area (TPSA) is 88.4 Å². The molecule has 2 aromatic rings. The first kappa shape index (κ1) is 16.3. The van der Waals surface area contributed by atoms with Crippen LogP contribution in [0.15, 0.2) is 35.3 Å². The normalized spacial score (nSPS) is 11.9. The molecule has 0 saturated heterocycles. The number of halogens is 1. The lowest BCUT2D eigenvalue weighted by molar-refractivity contribution is -0.152. The fourth-order valence-corrected chi connectivity index (χ4v) is 2.40. The molecule has 0 spiro atoms. The number of nitrogens with zero attached hydrogens (tertiary/aromatic N) is 2. The molecule has 118 valence electrons. The van der Waals surface area contributed by atoms with Crippen molar-refractivity contribution in [2.75, 3.05) is 12.4 Å². The number of aromatic nitrogens is 2. The highest BCUT2D eigenvalue weighted by atomic mass is 79.9. The number of imidazole rings is 1. The van der Waals surface area contributed by atoms with Gasteiger partial charge in [-0.3, -0.25) is 4.79 Å². The van der Waals surface area contributed by atoms with Crippen LogP contribution in [0.3, 0.4) is 0 Å². The van der Waals surface area contributed by atoms with Crippen LogP contribution in [-0.2, 0) is 27.3 Å². The van der Waals surface area contributed by atoms with Crippen LogP contribution in [0.2, 0.25) is 0 Å². The second kappa shape index (κ2) is 7.79. The Kier molecular flexibility index (Phi) is 5.76. The van der Waals surface area contributed by atoms with E-state index in [0.29, 0.717) is 5.76 Å². The van der Waals surface area contributed by atoms with Crippen LogP contribution >= 0.6 is 15.9 Å². The quantitative estimate of drug-likeness (QED) is 0.590. The molecule has 1 atom stereocenters. The first-order valence-electron chi connectivity index (χ1n) is 6.58. The highest BCUT2D eigenvalue weighted by Gasteiger charge is 2.31. The number of hydrogen-bond donors (Lipinski definition) is 1. The number of carbonyl (C=O) groups excluding carboxylic acids is 2. The van der Waals surface area contributed by atoms with E-state index in [-0.39, 0.29) is 24.2 Å². The Morgan fingerprint density at radius 2 is 2.36 bits per heavy atom. The van der Waals surface area contributed by atoms with Gasteiger partial charge in [-0.2, -0.15) is 0 Å². The molecule has 0 bridgehead atoms. The van der Waals surface area contributed by atoms with Crippen molar-refractivity contribution in [3.8, 4) is 0 Å². The van der Waals surface area contributed by atoms with Crippen molar-refractivity contribution in [1.29, 1.82) is 0 Å². The SMILES string of the molecule is COC(=O)[C@H](Cc1cnc[nH]1)N(Cc1ccco1)C(=O)CBr. The Labute approximate surface area is 135 Å². The van der Waals surface area contributed by atoms with Crippen LogP contribution in [0.25, 0.3) is 0 Å². The Balaban J connectivity index is 2.25. The highest BCUT2D eigenvalue weighted by Crippen LogP contribution is 2.15. The van der Waals surface area contributed by atoms with Gasteiger partial charge in [0.25, 0.3) is 0 Å². The molecule has 2 rings (SSSR count). The van der Waals surface area contributed by atoms with Crippen molar-refractivity contribution in [2.45, 2.75) is 19.0 Å². The van der Waals surface area contributed by atoms with Gasteiger partial charge in [0.05, 0.1) is 31.6 Å². The van der Waals surface area contributed by atoms with E-state index in [1.807, 2.05) is 0 Å². The van der Waals surface area contributed by atoms with Crippen LogP contribution in [0.5, 0.6) is 0 Å². The standard InChI is InChI=1S/C14H16BrN3O4/c1-21-14(20)12(5-10-7-16-9-17-10)18(13(19)6-15)8-11-3-2-4-22-11/h2-4,7,9,12H,5-6,8H2,1H3,(H,16,17)/t12-/m0/s1. The Morgan fingerprint density at radius 3 is 2.91 bits per heavy atom. The van der Waals surface area contributed by atoms with E-state index in [0.717, 1.165) is 5.69 Å². The van der Waals surface area contributed by atoms with E-state index in [4.69, 9.17) is 9.15 Å². The molecule has 0 unspecified atom stereocenters. The van der Waals surface area contributed by atoms with Gasteiger partial charge in [0.15, 0.2) is 0 Å². The Hall–Kier alpha value is -2.09. The molecule has 2 heterocycles. The third kappa shape index (κ3) is 3.97. The summed E-state index contributed by atoms with van der Waals surface area (Å²) in [6.45, 7) is 0.186. The third-order valence-electron chi connectivity index (χ3n) is 3.16. The number of methoxy groups -OCH3 is 1. The molecule has 0 aliphatic heterocycles. The van der Waals surface area contributed by atoms with Gasteiger partial charge in [0.2, 0.25) is 5.91 Å². The predicted molar refractivity (Wildman–Crippen MR) is 81.1 cm³/mol. The van der Waals surface area contributed by atoms with Gasteiger partial charge in [-0.25, -0.2) is 9.78 Å². The molecule has 0 fully saturated rings. The van der Waals surface area contributed by atoms with Gasteiger partial charge < -0.3 is 19.0 Å². The smallest absolute Gasteiger partial charge is 0.329 e. The minimum absolute atomic E-state index is 0.101. The summed E-state index contributed by atoms with van der Waals surface area (Å²) in [5.74, 6) is -0.130. The first-order valence-corrected chi connectivity index (χ1v) is 7.70. The minimum atomic E-state index is -0.763. The van der Waals surface area contributed by atoms with Crippen molar-refractivity contribution in [3.63, 3.8) is 0 Å². The number of esters is 1. The van der Waals surface area contributed by atoms with E-state index in [1.54, 1.807) is 18.3 Å². The van der Waals surface area contributed by atoms with Gasteiger partial charge in [-0.15, -0.1) is 0 Å². The van der Waals surface area contributed by atoms with Crippen molar-refractivity contribution in [2.24, 2.45) is 0 Å². The molecule has 0 aliphatic rings. The molecule has 0 saturated carbocycles. The summed E-state index contributed by atoms with van der Waals surface area (Å²) < 4.78 is 10.1. The number of hydrogen-bond acceptors (Lipinski definition) is 5. The number of carbonyl (C=O) groups is 2. The molecule has 8 heteroatoms. The zero-order valence-electron chi connectivity index (χ0n) is 12.0. The molecule has 1 amide bonds. The number of alkyl halides is 1. The summed E-state index contributed by atoms with van der Waals surface area (Å²) >= 11 is 3.14. The van der Waals surface area contributed by atoms with Crippen molar-refractivity contribution in [1.82, 2.24) is 14.9 Å². The van der Waals surface area contributed by atoms with Crippen LogP contribution < -0.4 is 0 Å². The molecular formula is C14H16BrN3O4. The van der Waals surface area contributed by atoms with Gasteiger partial charge in [0, 0.05) is 18.3 Å². The summed E-state index contributed by atoms with van der Waals surface area (Å²) in [5.41, 5.74) is 0.738. The fraction of sp³-hybridized carbons (Fsp3) is 0.357. The van der Waals surface area contributed by atoms with Crippen molar-refractivity contribution < 1.29 is 18.7 Å². The van der Waals surface area contributed by atoms with Gasteiger partial charge in [-0.05, 0) is 12.1 Å². The molecule has 7 nitrogen and oxygen atoms in total. The summed E-state index contributed by atoms with van der Waals surface area (Å²) in [4.78, 5) is 32.6. The lowest BCUT2D eigenvalue weighted by Crippen LogP contribution is -2.47. The van der Waals surface area contributed by atoms with Crippen LogP contribution in [0, 0.1) is 0 Å². The molecule has 22 heavy (non-hydrogen) atoms. The number of aromatic amines is 1. The Morgan fingerprint density at radius 1 is 1.55 bits per heavy atom. The third-order valence-corrected chi connectivity index (χ3v) is 3.64. The molecule has 1 N–H and O–H groups in total. The fourth-order valence-electron chi connectivity index (χ4n) is 2.08. The maximum atomic E-state index is 12.2. The number of ether oxygens (including phenoxy) is 1. The van der Waals surface area contributed by atoms with Crippen LogP contribution in [0.1, 0.15) is 11.5 Å². The highest BCUT2D eigenvalue weighted by molar-refractivity contribution is 9.09. The van der Waals surface area contributed by atoms with Gasteiger partial charge in [0.1, 0.15) is 11.8 Å². The maximum absolute atomic E-state index is 12.2. The molecule has 2 aromatic heterocycles. The maximum Gasteiger partial charge on any atom is 0.329 e. The molecule has 0 radical (unpaired) electrons. The van der Waals surface area contributed by atoms with Crippen LogP contribution in [-0.4, -0.2) is 45.2 Å². The zero-order chi connectivity index (χ0) is 15.9. The molecule has 0 aliphatic carbocycles. The largest absolute Gasteiger partial charge is 0.467 e. The second-order valence-electron chi connectivity index (χ2n) is 4.55. The molecular weight excluding hydrogens is 354 g/mol. The number of furan rings is 1. The lowest BCUT2D eigenvalue weighted by Gasteiger charge is -2.28. The van der Waals surface area contributed by atoms with E-state index < -0.39 is 12.0 Å². The zero-order valence-corrected chi connectivity index (χ0v) is 13.6. The summed E-state index contributed by atoms with van der Waals surface area (Å²) in [6.07, 6.45) is 4.94. The minimum Gasteiger partial charge on any atom is -0.467 e. The van der Waals surface area contributed by atoms with Gasteiger partial charge in [-0.1, -0.05) is 15.9 Å². The lowest BCUT2D eigenvalue weighted by atomic mass is 10.1. The van der Waals surface area contributed by atoms with Crippen molar-refractivity contribution in [3.05, 3.63) is 42.4 Å². The monoisotopic (exact) mass is 369 g/mol. The van der Waals surface area contributed by atoms with E-state index in [2.05, 4.69) is 25.9 Å². The summed E-state index contributed by atoms with van der Waals surface area (Å²) in [7, 11) is 1.30. The number of H-pyrrole nitrogens is 1. The average molecular weight is 370 g/mol. The average Bonchev–Trinajstić information content (AvgIpc) is 3.22. The van der Waals surface area contributed by atoms with E-state index >= 15 is 0 Å². The Bertz CT molecular complexity index is 543. The number of amides is 1. The van der Waals surface area contributed by atoms with E-state index in [1.165, 1.54) is 24.6 Å². The number of rotatable bonds is 7. The second-order valence-corrected chi connectivity index (χ2v) is 5.12. The van der Waals surface area contributed by atoms with E-state index in [9.17, 15) is 9.59 Å². The van der Waals surface area contributed by atoms with Gasteiger partial charge >= 0.3 is 5.97 Å². The first-order chi connectivity index (χ1) is 10.7. The van der Waals surface area contributed by atoms with Crippen molar-refractivity contribution >= 4 is 27.8 Å². The predicted octanol–water partition coefficient (Wildman–Crippen LogP) is 1.51. The molecule has 0 aromatic carbocycles. The number of nitrogens with one attached hydrogen (secondary N) is 1. The summed E-state index contributed by atoms with van der Waals surface area (Å²) in [5, 5.41) is 0.101. The summed E-state index contributed by atoms with van der Waals surface area (Å²) in [6, 6.07) is 2.72. The van der Waals surface area contributed by atoms with Crippen LogP contribution in [0.4, 0.5) is 0 Å².